The number of nitrogens with zero attached hydrogens (tertiary/aromatic N) is 8. The van der Waals surface area contributed by atoms with Crippen LogP contribution in [-0.2, 0) is 0 Å². The predicted octanol–water partition coefficient (Wildman–Crippen LogP) is 11.4. The Morgan fingerprint density at radius 3 is 0.726 bits per heavy atom. The van der Waals surface area contributed by atoms with E-state index in [1.165, 1.54) is 0 Å². The van der Waals surface area contributed by atoms with Crippen molar-refractivity contribution in [3.63, 3.8) is 0 Å². The van der Waals surface area contributed by atoms with Gasteiger partial charge in [-0.2, -0.15) is 0 Å². The molecule has 10 aromatic rings. The molecule has 8 aromatic heterocycles. The monoisotopic (exact) mass is 798 g/mol. The number of benzene rings is 2. The fourth-order valence-corrected chi connectivity index (χ4v) is 7.27. The zero-order valence-corrected chi connectivity index (χ0v) is 33.1. The van der Waals surface area contributed by atoms with E-state index in [2.05, 4.69) is 32.1 Å². The van der Waals surface area contributed by atoms with Crippen molar-refractivity contribution in [2.45, 2.75) is 0 Å². The lowest BCUT2D eigenvalue weighted by atomic mass is 9.91. The zero-order valence-electron chi connectivity index (χ0n) is 33.1. The second-order valence-corrected chi connectivity index (χ2v) is 14.5. The Morgan fingerprint density at radius 2 is 0.516 bits per heavy atom. The van der Waals surface area contributed by atoms with Gasteiger partial charge < -0.3 is 0 Å². The summed E-state index contributed by atoms with van der Waals surface area (Å²) < 4.78 is 0. The minimum Gasteiger partial charge on any atom is -0.289 e. The van der Waals surface area contributed by atoms with Crippen molar-refractivity contribution in [1.29, 1.82) is 0 Å². The molecule has 62 heavy (non-hydrogen) atoms. The lowest BCUT2D eigenvalue weighted by molar-refractivity contribution is 0.103. The van der Waals surface area contributed by atoms with E-state index in [1.807, 2.05) is 170 Å². The van der Waals surface area contributed by atoms with E-state index in [-0.39, 0.29) is 5.78 Å². The lowest BCUT2D eigenvalue weighted by Gasteiger charge is -2.13. The summed E-state index contributed by atoms with van der Waals surface area (Å²) in [6.45, 7) is 0. The van der Waals surface area contributed by atoms with Crippen LogP contribution in [0.3, 0.4) is 0 Å². The Bertz CT molecular complexity index is 2710. The first-order valence-electron chi connectivity index (χ1n) is 20.0. The van der Waals surface area contributed by atoms with Crippen molar-refractivity contribution >= 4 is 5.78 Å². The highest BCUT2D eigenvalue weighted by Crippen LogP contribution is 2.34. The number of ketones is 1. The number of pyridine rings is 8. The molecule has 0 N–H and O–H groups in total. The molecular formula is C53H34N8O. The fraction of sp³-hybridized carbons (Fsp3) is 0. The van der Waals surface area contributed by atoms with Gasteiger partial charge in [0.15, 0.2) is 5.78 Å². The number of aromatic nitrogens is 8. The summed E-state index contributed by atoms with van der Waals surface area (Å²) in [5.74, 6) is -0.150. The van der Waals surface area contributed by atoms with Gasteiger partial charge in [0, 0.05) is 83.0 Å². The molecule has 2 aromatic carbocycles. The number of rotatable bonds is 10. The first kappa shape index (κ1) is 37.6. The molecule has 0 radical (unpaired) electrons. The van der Waals surface area contributed by atoms with E-state index >= 15 is 4.79 Å². The fourth-order valence-electron chi connectivity index (χ4n) is 7.27. The van der Waals surface area contributed by atoms with Crippen LogP contribution < -0.4 is 0 Å². The maximum absolute atomic E-state index is 15.0. The molecule has 0 fully saturated rings. The van der Waals surface area contributed by atoms with Crippen LogP contribution in [0.15, 0.2) is 207 Å². The van der Waals surface area contributed by atoms with Crippen molar-refractivity contribution in [3.05, 3.63) is 218 Å². The molecule has 0 aliphatic heterocycles. The van der Waals surface area contributed by atoms with Gasteiger partial charge in [0.2, 0.25) is 0 Å². The third-order valence-corrected chi connectivity index (χ3v) is 10.5. The molecule has 0 saturated heterocycles. The summed E-state index contributed by atoms with van der Waals surface area (Å²) in [6, 6.07) is 50.7. The van der Waals surface area contributed by atoms with E-state index in [0.717, 1.165) is 90.1 Å². The van der Waals surface area contributed by atoms with Gasteiger partial charge in [0.1, 0.15) is 0 Å². The first-order chi connectivity index (χ1) is 30.6. The summed E-state index contributed by atoms with van der Waals surface area (Å²) in [5.41, 5.74) is 13.9. The van der Waals surface area contributed by atoms with E-state index in [9.17, 15) is 0 Å². The van der Waals surface area contributed by atoms with Gasteiger partial charge in [0.25, 0.3) is 0 Å². The van der Waals surface area contributed by atoms with Crippen LogP contribution in [0, 0.1) is 0 Å². The molecule has 0 aliphatic carbocycles. The Balaban J connectivity index is 1.07. The quantitative estimate of drug-likeness (QED) is 0.124. The Kier molecular flexibility index (Phi) is 10.2. The third kappa shape index (κ3) is 8.01. The second-order valence-electron chi connectivity index (χ2n) is 14.5. The highest BCUT2D eigenvalue weighted by Gasteiger charge is 2.18. The Morgan fingerprint density at radius 1 is 0.258 bits per heavy atom. The molecule has 0 spiro atoms. The van der Waals surface area contributed by atoms with Crippen molar-refractivity contribution < 1.29 is 4.79 Å². The first-order valence-corrected chi connectivity index (χ1v) is 20.0. The van der Waals surface area contributed by atoms with Gasteiger partial charge in [-0.25, -0.2) is 0 Å². The van der Waals surface area contributed by atoms with Crippen LogP contribution in [0.4, 0.5) is 0 Å². The van der Waals surface area contributed by atoms with Crippen molar-refractivity contribution in [2.24, 2.45) is 0 Å². The number of hydrogen-bond donors (Lipinski definition) is 0. The average molecular weight is 799 g/mol. The summed E-state index contributed by atoms with van der Waals surface area (Å²) >= 11 is 0. The largest absolute Gasteiger partial charge is 0.289 e. The normalized spacial score (nSPS) is 11.0. The van der Waals surface area contributed by atoms with Crippen molar-refractivity contribution in [2.75, 3.05) is 0 Å². The summed E-state index contributed by atoms with van der Waals surface area (Å²) in [4.78, 5) is 52.0. The molecule has 10 rings (SSSR count). The molecule has 8 heterocycles. The molecule has 9 heteroatoms. The van der Waals surface area contributed by atoms with E-state index in [4.69, 9.17) is 19.9 Å². The number of hydrogen-bond acceptors (Lipinski definition) is 9. The summed E-state index contributed by atoms with van der Waals surface area (Å²) in [5, 5.41) is 0. The van der Waals surface area contributed by atoms with Gasteiger partial charge >= 0.3 is 0 Å². The lowest BCUT2D eigenvalue weighted by Crippen LogP contribution is -2.04. The molecule has 0 bridgehead atoms. The van der Waals surface area contributed by atoms with Crippen molar-refractivity contribution in [3.8, 4) is 90.1 Å². The molecule has 0 saturated carbocycles. The Hall–Kier alpha value is -8.69. The highest BCUT2D eigenvalue weighted by atomic mass is 16.1. The highest BCUT2D eigenvalue weighted by molar-refractivity contribution is 6.11. The molecule has 0 amide bonds. The Labute approximate surface area is 357 Å². The smallest absolute Gasteiger partial charge is 0.193 e. The summed E-state index contributed by atoms with van der Waals surface area (Å²) in [7, 11) is 0. The van der Waals surface area contributed by atoms with Gasteiger partial charge in [-0.3, -0.25) is 44.7 Å². The van der Waals surface area contributed by atoms with Crippen LogP contribution in [0.25, 0.3) is 90.1 Å². The molecule has 0 aliphatic rings. The van der Waals surface area contributed by atoms with Gasteiger partial charge in [-0.05, 0) is 131 Å². The van der Waals surface area contributed by atoms with Crippen LogP contribution in [-0.4, -0.2) is 45.7 Å². The van der Waals surface area contributed by atoms with E-state index < -0.39 is 0 Å². The van der Waals surface area contributed by atoms with Crippen LogP contribution in [0.1, 0.15) is 15.9 Å². The van der Waals surface area contributed by atoms with Crippen LogP contribution in [0.2, 0.25) is 0 Å². The van der Waals surface area contributed by atoms with Gasteiger partial charge in [-0.15, -0.1) is 0 Å². The van der Waals surface area contributed by atoms with Crippen LogP contribution >= 0.6 is 0 Å². The van der Waals surface area contributed by atoms with Gasteiger partial charge in [0.05, 0.1) is 45.6 Å². The average Bonchev–Trinajstić information content (AvgIpc) is 3.37. The maximum Gasteiger partial charge on any atom is 0.193 e. The number of carbonyl (C=O) groups is 1. The SMILES string of the molecule is O=C(c1cc(-c2ccc(-c3ccccn3)nc2)cc(-c2ccc(-c3ccccn3)nc2)c1)c1cc(-c2ccc(-c3ccccn3)nc2)cc(-c2ccc(-c3ccccn3)nc2)c1. The topological polar surface area (TPSA) is 120 Å². The van der Waals surface area contributed by atoms with Crippen LogP contribution in [0.5, 0.6) is 0 Å². The molecule has 0 unspecified atom stereocenters. The second kappa shape index (κ2) is 16.9. The molecular weight excluding hydrogens is 765 g/mol. The third-order valence-electron chi connectivity index (χ3n) is 10.5. The maximum atomic E-state index is 15.0. The molecule has 9 nitrogen and oxygen atoms in total. The standard InChI is InChI=1S/C53H34N8O/c62-53(43-27-39(35-13-17-49(58-31-35)45-9-1-5-21-54-45)25-40(28-43)36-14-18-50(59-32-36)46-10-2-6-22-55-46)44-29-41(37-15-19-51(60-33-37)47-11-3-7-23-56-47)26-42(30-44)38-16-20-52(61-34-38)48-12-4-8-24-57-48/h1-34H. The minimum absolute atomic E-state index is 0.150. The molecule has 0 atom stereocenters. The predicted molar refractivity (Wildman–Crippen MR) is 242 cm³/mol. The van der Waals surface area contributed by atoms with Gasteiger partial charge in [-0.1, -0.05) is 48.5 Å². The van der Waals surface area contributed by atoms with Crippen molar-refractivity contribution in [1.82, 2.24) is 39.9 Å². The van der Waals surface area contributed by atoms with E-state index in [0.29, 0.717) is 11.1 Å². The zero-order chi connectivity index (χ0) is 41.7. The van der Waals surface area contributed by atoms with E-state index in [1.54, 1.807) is 24.8 Å². The summed E-state index contributed by atoms with van der Waals surface area (Å²) in [6.07, 6.45) is 14.3. The molecule has 292 valence electrons. The number of carbonyl (C=O) groups excluding carboxylic acids is 1. The minimum atomic E-state index is -0.150.